The van der Waals surface area contributed by atoms with Gasteiger partial charge in [-0.3, -0.25) is 0 Å². The van der Waals surface area contributed by atoms with E-state index in [0.717, 1.165) is 11.3 Å². The Morgan fingerprint density at radius 3 is 2.53 bits per heavy atom. The third-order valence-corrected chi connectivity index (χ3v) is 2.16. The maximum atomic E-state index is 11.1. The minimum absolute atomic E-state index is 0.352. The fraction of sp³-hybridized carbons (Fsp3) is 0.308. The average Bonchev–Trinajstić information content (AvgIpc) is 2.30. The van der Waals surface area contributed by atoms with Crippen LogP contribution in [0.4, 0.5) is 0 Å². The minimum Gasteiger partial charge on any atom is -0.497 e. The molecule has 0 aliphatic carbocycles. The molecule has 0 aromatic heterocycles. The third kappa shape index (κ3) is 4.59. The topological polar surface area (TPSA) is 61.5 Å². The molecule has 4 heteroatoms. The molecule has 0 atom stereocenters. The summed E-state index contributed by atoms with van der Waals surface area (Å²) in [5, 5.41) is 0. The first-order valence-electron chi connectivity index (χ1n) is 5.41. The van der Waals surface area contributed by atoms with Crippen LogP contribution in [-0.2, 0) is 16.0 Å². The van der Waals surface area contributed by atoms with Crippen LogP contribution >= 0.6 is 0 Å². The highest BCUT2D eigenvalue weighted by Crippen LogP contribution is 2.12. The number of hydrogen-bond acceptors (Lipinski definition) is 4. The molecular weight excluding hydrogens is 218 g/mol. The predicted octanol–water partition coefficient (Wildman–Crippen LogP) is 1.64. The van der Waals surface area contributed by atoms with E-state index >= 15 is 0 Å². The first kappa shape index (κ1) is 13.1. The van der Waals surface area contributed by atoms with Gasteiger partial charge in [-0.2, -0.15) is 0 Å². The molecule has 2 N–H and O–H groups in total. The van der Waals surface area contributed by atoms with Crippen LogP contribution in [0, 0.1) is 0 Å². The molecule has 0 aliphatic heterocycles. The lowest BCUT2D eigenvalue weighted by Crippen LogP contribution is -2.07. The Labute approximate surface area is 101 Å². The SMILES string of the molecule is CCOC(=O)/C=C(\N)Cc1ccc(OC)cc1. The summed E-state index contributed by atoms with van der Waals surface area (Å²) in [6.45, 7) is 2.11. The molecule has 0 radical (unpaired) electrons. The van der Waals surface area contributed by atoms with Crippen molar-refractivity contribution in [3.05, 3.63) is 41.6 Å². The maximum Gasteiger partial charge on any atom is 0.332 e. The lowest BCUT2D eigenvalue weighted by molar-refractivity contribution is -0.137. The number of carbonyl (C=O) groups is 1. The van der Waals surface area contributed by atoms with Crippen LogP contribution in [-0.4, -0.2) is 19.7 Å². The number of ether oxygens (including phenoxy) is 2. The van der Waals surface area contributed by atoms with Gasteiger partial charge in [-0.1, -0.05) is 12.1 Å². The molecule has 0 bridgehead atoms. The number of hydrogen-bond donors (Lipinski definition) is 1. The lowest BCUT2D eigenvalue weighted by atomic mass is 10.1. The smallest absolute Gasteiger partial charge is 0.332 e. The number of esters is 1. The summed E-state index contributed by atoms with van der Waals surface area (Å²) in [7, 11) is 1.62. The first-order valence-corrected chi connectivity index (χ1v) is 5.41. The van der Waals surface area contributed by atoms with E-state index in [1.54, 1.807) is 14.0 Å². The lowest BCUT2D eigenvalue weighted by Gasteiger charge is -2.04. The fourth-order valence-electron chi connectivity index (χ4n) is 1.37. The van der Waals surface area contributed by atoms with Crippen molar-refractivity contribution in [3.8, 4) is 5.75 Å². The molecule has 4 nitrogen and oxygen atoms in total. The number of methoxy groups -OCH3 is 1. The number of rotatable bonds is 5. The second-order valence-corrected chi connectivity index (χ2v) is 3.50. The zero-order chi connectivity index (χ0) is 12.7. The summed E-state index contributed by atoms with van der Waals surface area (Å²) < 4.78 is 9.82. The molecule has 0 fully saturated rings. The van der Waals surface area contributed by atoms with Crippen LogP contribution < -0.4 is 10.5 Å². The van der Waals surface area contributed by atoms with Crippen molar-refractivity contribution >= 4 is 5.97 Å². The van der Waals surface area contributed by atoms with Crippen molar-refractivity contribution in [3.63, 3.8) is 0 Å². The van der Waals surface area contributed by atoms with Gasteiger partial charge in [-0.05, 0) is 24.6 Å². The molecule has 0 unspecified atom stereocenters. The molecular formula is C13H17NO3. The fourth-order valence-corrected chi connectivity index (χ4v) is 1.37. The first-order chi connectivity index (χ1) is 8.15. The molecule has 0 heterocycles. The van der Waals surface area contributed by atoms with Crippen molar-refractivity contribution in [1.29, 1.82) is 0 Å². The molecule has 1 aromatic carbocycles. The zero-order valence-corrected chi connectivity index (χ0v) is 10.1. The van der Waals surface area contributed by atoms with Crippen molar-refractivity contribution in [2.75, 3.05) is 13.7 Å². The van der Waals surface area contributed by atoms with E-state index in [9.17, 15) is 4.79 Å². The summed E-state index contributed by atoms with van der Waals surface area (Å²) in [5.74, 6) is 0.389. The number of benzene rings is 1. The molecule has 1 aromatic rings. The highest BCUT2D eigenvalue weighted by Gasteiger charge is 2.01. The van der Waals surface area contributed by atoms with Crippen LogP contribution in [0.25, 0.3) is 0 Å². The highest BCUT2D eigenvalue weighted by molar-refractivity contribution is 5.82. The summed E-state index contributed by atoms with van der Waals surface area (Å²) in [6, 6.07) is 7.52. The van der Waals surface area contributed by atoms with Gasteiger partial charge in [-0.15, -0.1) is 0 Å². The maximum absolute atomic E-state index is 11.1. The molecule has 0 aliphatic rings. The largest absolute Gasteiger partial charge is 0.497 e. The second kappa shape index (κ2) is 6.58. The van der Waals surface area contributed by atoms with E-state index in [-0.39, 0.29) is 0 Å². The summed E-state index contributed by atoms with van der Waals surface area (Å²) in [5.41, 5.74) is 7.23. The van der Waals surface area contributed by atoms with E-state index in [0.29, 0.717) is 18.7 Å². The van der Waals surface area contributed by atoms with Crippen LogP contribution in [0.2, 0.25) is 0 Å². The average molecular weight is 235 g/mol. The number of allylic oxidation sites excluding steroid dienone is 1. The third-order valence-electron chi connectivity index (χ3n) is 2.16. The van der Waals surface area contributed by atoms with Crippen molar-refractivity contribution < 1.29 is 14.3 Å². The Kier molecular flexibility index (Phi) is 5.07. The van der Waals surface area contributed by atoms with Gasteiger partial charge in [0.2, 0.25) is 0 Å². The zero-order valence-electron chi connectivity index (χ0n) is 10.1. The van der Waals surface area contributed by atoms with Gasteiger partial charge in [0.05, 0.1) is 13.7 Å². The quantitative estimate of drug-likeness (QED) is 0.622. The molecule has 0 amide bonds. The number of nitrogens with two attached hydrogens (primary N) is 1. The van der Waals surface area contributed by atoms with Gasteiger partial charge in [0.1, 0.15) is 5.75 Å². The Hall–Kier alpha value is -1.97. The van der Waals surface area contributed by atoms with Gasteiger partial charge in [-0.25, -0.2) is 4.79 Å². The van der Waals surface area contributed by atoms with E-state index in [4.69, 9.17) is 15.2 Å². The second-order valence-electron chi connectivity index (χ2n) is 3.50. The monoisotopic (exact) mass is 235 g/mol. The molecule has 0 saturated carbocycles. The van der Waals surface area contributed by atoms with E-state index in [1.807, 2.05) is 24.3 Å². The van der Waals surface area contributed by atoms with Crippen LogP contribution in [0.15, 0.2) is 36.0 Å². The highest BCUT2D eigenvalue weighted by atomic mass is 16.5. The van der Waals surface area contributed by atoms with Crippen molar-refractivity contribution in [1.82, 2.24) is 0 Å². The van der Waals surface area contributed by atoms with Crippen molar-refractivity contribution in [2.45, 2.75) is 13.3 Å². The predicted molar refractivity (Wildman–Crippen MR) is 65.6 cm³/mol. The van der Waals surface area contributed by atoms with E-state index < -0.39 is 5.97 Å². The standard InChI is InChI=1S/C13H17NO3/c1-3-17-13(15)9-11(14)8-10-4-6-12(16-2)7-5-10/h4-7,9H,3,8,14H2,1-2H3/b11-9-. The Bertz CT molecular complexity index is 396. The molecule has 17 heavy (non-hydrogen) atoms. The van der Waals surface area contributed by atoms with Gasteiger partial charge >= 0.3 is 5.97 Å². The molecule has 0 saturated heterocycles. The van der Waals surface area contributed by atoms with Crippen LogP contribution in [0.3, 0.4) is 0 Å². The van der Waals surface area contributed by atoms with Gasteiger partial charge in [0.15, 0.2) is 0 Å². The molecule has 92 valence electrons. The Morgan fingerprint density at radius 2 is 2.00 bits per heavy atom. The van der Waals surface area contributed by atoms with Gasteiger partial charge < -0.3 is 15.2 Å². The van der Waals surface area contributed by atoms with Crippen LogP contribution in [0.1, 0.15) is 12.5 Å². The van der Waals surface area contributed by atoms with E-state index in [1.165, 1.54) is 6.08 Å². The normalized spacial score (nSPS) is 11.1. The van der Waals surface area contributed by atoms with Crippen LogP contribution in [0.5, 0.6) is 5.75 Å². The van der Waals surface area contributed by atoms with Gasteiger partial charge in [0, 0.05) is 18.2 Å². The summed E-state index contributed by atoms with van der Waals surface area (Å²) in [4.78, 5) is 11.1. The molecule has 0 spiro atoms. The van der Waals surface area contributed by atoms with E-state index in [2.05, 4.69) is 0 Å². The van der Waals surface area contributed by atoms with Crippen molar-refractivity contribution in [2.24, 2.45) is 5.73 Å². The Balaban J connectivity index is 2.60. The molecule has 1 rings (SSSR count). The Morgan fingerprint density at radius 1 is 1.35 bits per heavy atom. The van der Waals surface area contributed by atoms with Gasteiger partial charge in [0.25, 0.3) is 0 Å². The number of carbonyl (C=O) groups excluding carboxylic acids is 1. The minimum atomic E-state index is -0.404. The summed E-state index contributed by atoms with van der Waals surface area (Å²) in [6.07, 6.45) is 1.83. The summed E-state index contributed by atoms with van der Waals surface area (Å²) >= 11 is 0.